The SMILES string of the molecule is CN1CCC(NCc2nc3cc(Cl)ccc3c(=O)[nH]2)C1=O. The Labute approximate surface area is 126 Å². The van der Waals surface area contributed by atoms with Gasteiger partial charge in [0.1, 0.15) is 5.82 Å². The van der Waals surface area contributed by atoms with E-state index in [1.54, 1.807) is 30.1 Å². The van der Waals surface area contributed by atoms with Gasteiger partial charge in [-0.05, 0) is 24.6 Å². The fourth-order valence-corrected chi connectivity index (χ4v) is 2.64. The molecule has 1 aliphatic heterocycles. The third kappa shape index (κ3) is 2.77. The number of fused-ring (bicyclic) bond motifs is 1. The summed E-state index contributed by atoms with van der Waals surface area (Å²) in [4.78, 5) is 32.6. The first-order valence-corrected chi connectivity index (χ1v) is 7.09. The van der Waals surface area contributed by atoms with Gasteiger partial charge in [-0.1, -0.05) is 11.6 Å². The quantitative estimate of drug-likeness (QED) is 0.883. The van der Waals surface area contributed by atoms with Crippen molar-refractivity contribution in [3.63, 3.8) is 0 Å². The van der Waals surface area contributed by atoms with Gasteiger partial charge in [-0.15, -0.1) is 0 Å². The Kier molecular flexibility index (Phi) is 3.65. The smallest absolute Gasteiger partial charge is 0.258 e. The molecule has 0 saturated carbocycles. The number of hydrogen-bond acceptors (Lipinski definition) is 4. The molecule has 7 heteroatoms. The lowest BCUT2D eigenvalue weighted by Crippen LogP contribution is -2.37. The number of carbonyl (C=O) groups is 1. The number of carbonyl (C=O) groups excluding carboxylic acids is 1. The highest BCUT2D eigenvalue weighted by atomic mass is 35.5. The Morgan fingerprint density at radius 3 is 3.00 bits per heavy atom. The minimum absolute atomic E-state index is 0.0705. The van der Waals surface area contributed by atoms with Crippen molar-refractivity contribution in [2.75, 3.05) is 13.6 Å². The van der Waals surface area contributed by atoms with Crippen molar-refractivity contribution >= 4 is 28.4 Å². The molecule has 21 heavy (non-hydrogen) atoms. The monoisotopic (exact) mass is 306 g/mol. The van der Waals surface area contributed by atoms with E-state index < -0.39 is 0 Å². The van der Waals surface area contributed by atoms with Crippen LogP contribution in [0.4, 0.5) is 0 Å². The number of halogens is 1. The molecule has 1 saturated heterocycles. The molecule has 1 unspecified atom stereocenters. The van der Waals surface area contributed by atoms with Crippen LogP contribution in [0.5, 0.6) is 0 Å². The average molecular weight is 307 g/mol. The molecule has 0 radical (unpaired) electrons. The van der Waals surface area contributed by atoms with Crippen LogP contribution in [0.25, 0.3) is 10.9 Å². The lowest BCUT2D eigenvalue weighted by atomic mass is 10.2. The Hall–Kier alpha value is -1.92. The number of nitrogens with one attached hydrogen (secondary N) is 2. The molecule has 0 spiro atoms. The summed E-state index contributed by atoms with van der Waals surface area (Å²) in [5.74, 6) is 0.568. The summed E-state index contributed by atoms with van der Waals surface area (Å²) in [5.41, 5.74) is 0.348. The first kappa shape index (κ1) is 14.0. The van der Waals surface area contributed by atoms with E-state index in [9.17, 15) is 9.59 Å². The van der Waals surface area contributed by atoms with Gasteiger partial charge >= 0.3 is 0 Å². The number of amides is 1. The maximum absolute atomic E-state index is 12.0. The lowest BCUT2D eigenvalue weighted by molar-refractivity contribution is -0.128. The van der Waals surface area contributed by atoms with Crippen molar-refractivity contribution in [2.45, 2.75) is 19.0 Å². The molecule has 1 aromatic heterocycles. The Morgan fingerprint density at radius 2 is 2.29 bits per heavy atom. The summed E-state index contributed by atoms with van der Waals surface area (Å²) in [7, 11) is 1.78. The lowest BCUT2D eigenvalue weighted by Gasteiger charge is -2.12. The number of aromatic nitrogens is 2. The van der Waals surface area contributed by atoms with Crippen LogP contribution in [0.15, 0.2) is 23.0 Å². The molecule has 1 fully saturated rings. The van der Waals surface area contributed by atoms with E-state index in [1.165, 1.54) is 0 Å². The van der Waals surface area contributed by atoms with Gasteiger partial charge in [0.15, 0.2) is 0 Å². The number of rotatable bonds is 3. The minimum Gasteiger partial charge on any atom is -0.344 e. The zero-order valence-corrected chi connectivity index (χ0v) is 12.3. The number of benzene rings is 1. The number of hydrogen-bond donors (Lipinski definition) is 2. The third-order valence-corrected chi connectivity index (χ3v) is 3.90. The first-order chi connectivity index (χ1) is 10.0. The molecule has 6 nitrogen and oxygen atoms in total. The molecule has 2 N–H and O–H groups in total. The second-order valence-electron chi connectivity index (χ2n) is 5.16. The van der Waals surface area contributed by atoms with Crippen LogP contribution in [0.3, 0.4) is 0 Å². The molecular weight excluding hydrogens is 292 g/mol. The van der Waals surface area contributed by atoms with Gasteiger partial charge in [0.05, 0.1) is 23.5 Å². The predicted molar refractivity (Wildman–Crippen MR) is 80.3 cm³/mol. The molecule has 0 bridgehead atoms. The second kappa shape index (κ2) is 5.46. The van der Waals surface area contributed by atoms with Crippen LogP contribution in [0.2, 0.25) is 5.02 Å². The number of aromatic amines is 1. The summed E-state index contributed by atoms with van der Waals surface area (Å²) in [6, 6.07) is 4.75. The van der Waals surface area contributed by atoms with Crippen LogP contribution < -0.4 is 10.9 Å². The fraction of sp³-hybridized carbons (Fsp3) is 0.357. The maximum atomic E-state index is 12.0. The van der Waals surface area contributed by atoms with Gasteiger partial charge < -0.3 is 9.88 Å². The molecule has 2 aromatic rings. The van der Waals surface area contributed by atoms with Crippen LogP contribution in [-0.2, 0) is 11.3 Å². The van der Waals surface area contributed by atoms with Crippen molar-refractivity contribution < 1.29 is 4.79 Å². The number of likely N-dealkylation sites (tertiary alicyclic amines) is 1. The summed E-state index contributed by atoms with van der Waals surface area (Å²) in [5, 5.41) is 4.16. The van der Waals surface area contributed by atoms with Gasteiger partial charge in [0.25, 0.3) is 5.56 Å². The van der Waals surface area contributed by atoms with Crippen molar-refractivity contribution in [2.24, 2.45) is 0 Å². The topological polar surface area (TPSA) is 78.1 Å². The van der Waals surface area contributed by atoms with Crippen molar-refractivity contribution in [3.8, 4) is 0 Å². The summed E-state index contributed by atoms with van der Waals surface area (Å²) < 4.78 is 0. The molecule has 2 heterocycles. The van der Waals surface area contributed by atoms with Crippen LogP contribution >= 0.6 is 11.6 Å². The van der Waals surface area contributed by atoms with E-state index in [-0.39, 0.29) is 17.5 Å². The number of nitrogens with zero attached hydrogens (tertiary/aromatic N) is 2. The minimum atomic E-state index is -0.213. The highest BCUT2D eigenvalue weighted by Crippen LogP contribution is 2.15. The van der Waals surface area contributed by atoms with Crippen molar-refractivity contribution in [1.82, 2.24) is 20.2 Å². The van der Waals surface area contributed by atoms with E-state index in [1.807, 2.05) is 0 Å². The van der Waals surface area contributed by atoms with Gasteiger partial charge in [0.2, 0.25) is 5.91 Å². The molecule has 110 valence electrons. The number of H-pyrrole nitrogens is 1. The van der Waals surface area contributed by atoms with Crippen molar-refractivity contribution in [1.29, 1.82) is 0 Å². The Bertz CT molecular complexity index is 758. The average Bonchev–Trinajstić information content (AvgIpc) is 2.76. The van der Waals surface area contributed by atoms with E-state index in [0.717, 1.165) is 13.0 Å². The largest absolute Gasteiger partial charge is 0.344 e. The van der Waals surface area contributed by atoms with E-state index in [4.69, 9.17) is 11.6 Å². The highest BCUT2D eigenvalue weighted by molar-refractivity contribution is 6.31. The Morgan fingerprint density at radius 1 is 1.48 bits per heavy atom. The molecule has 1 amide bonds. The van der Waals surface area contributed by atoms with E-state index in [2.05, 4.69) is 15.3 Å². The van der Waals surface area contributed by atoms with Crippen LogP contribution in [0, 0.1) is 0 Å². The Balaban J connectivity index is 1.81. The van der Waals surface area contributed by atoms with E-state index >= 15 is 0 Å². The second-order valence-corrected chi connectivity index (χ2v) is 5.59. The number of likely N-dealkylation sites (N-methyl/N-ethyl adjacent to an activating group) is 1. The summed E-state index contributed by atoms with van der Waals surface area (Å²) in [6.45, 7) is 1.08. The molecule has 1 aliphatic rings. The maximum Gasteiger partial charge on any atom is 0.258 e. The summed E-state index contributed by atoms with van der Waals surface area (Å²) in [6.07, 6.45) is 0.763. The fourth-order valence-electron chi connectivity index (χ4n) is 2.48. The standard InChI is InChI=1S/C14H15ClN4O2/c1-19-5-4-10(14(19)21)16-7-12-17-11-6-8(15)2-3-9(11)13(20)18-12/h2-3,6,10,16H,4-5,7H2,1H3,(H,17,18,20). The van der Waals surface area contributed by atoms with Gasteiger partial charge in [-0.3, -0.25) is 14.9 Å². The van der Waals surface area contributed by atoms with Gasteiger partial charge in [-0.25, -0.2) is 4.98 Å². The van der Waals surface area contributed by atoms with Crippen LogP contribution in [0.1, 0.15) is 12.2 Å². The highest BCUT2D eigenvalue weighted by Gasteiger charge is 2.28. The van der Waals surface area contributed by atoms with E-state index in [0.29, 0.717) is 28.3 Å². The molecular formula is C14H15ClN4O2. The zero-order chi connectivity index (χ0) is 15.0. The molecule has 3 rings (SSSR count). The summed E-state index contributed by atoms with van der Waals surface area (Å²) >= 11 is 5.92. The first-order valence-electron chi connectivity index (χ1n) is 6.71. The molecule has 1 atom stereocenters. The predicted octanol–water partition coefficient (Wildman–Crippen LogP) is 0.897. The molecule has 1 aromatic carbocycles. The third-order valence-electron chi connectivity index (χ3n) is 3.66. The molecule has 0 aliphatic carbocycles. The zero-order valence-electron chi connectivity index (χ0n) is 11.5. The van der Waals surface area contributed by atoms with Crippen LogP contribution in [-0.4, -0.2) is 40.4 Å². The van der Waals surface area contributed by atoms with Gasteiger partial charge in [-0.2, -0.15) is 0 Å². The van der Waals surface area contributed by atoms with Crippen molar-refractivity contribution in [3.05, 3.63) is 39.4 Å². The normalized spacial score (nSPS) is 18.7. The van der Waals surface area contributed by atoms with Gasteiger partial charge in [0, 0.05) is 18.6 Å².